The Balaban J connectivity index is 2.77. The van der Waals surface area contributed by atoms with Crippen LogP contribution in [0.1, 0.15) is 12.3 Å². The Morgan fingerprint density at radius 1 is 1.73 bits per heavy atom. The molecule has 0 N–H and O–H groups in total. The average molecular weight is 156 g/mol. The summed E-state index contributed by atoms with van der Waals surface area (Å²) in [5.74, 6) is -0.190. The predicted molar refractivity (Wildman–Crippen MR) is 36.2 cm³/mol. The van der Waals surface area contributed by atoms with Crippen LogP contribution in [0.3, 0.4) is 0 Å². The summed E-state index contributed by atoms with van der Waals surface area (Å²) in [6.07, 6.45) is 1.02. The van der Waals surface area contributed by atoms with Gasteiger partial charge in [-0.3, -0.25) is 0 Å². The summed E-state index contributed by atoms with van der Waals surface area (Å²) in [6, 6.07) is 0. The third-order valence-corrected chi connectivity index (χ3v) is 1.17. The van der Waals surface area contributed by atoms with Crippen LogP contribution in [0.5, 0.6) is 0 Å². The average Bonchev–Trinajstić information content (AvgIpc) is 2.26. The maximum Gasteiger partial charge on any atom is 0.437 e. The molecule has 5 nitrogen and oxygen atoms in total. The van der Waals surface area contributed by atoms with Gasteiger partial charge in [0.2, 0.25) is 5.89 Å². The van der Waals surface area contributed by atoms with Crippen molar-refractivity contribution >= 4 is 6.29 Å². The minimum absolute atomic E-state index is 0.284. The van der Waals surface area contributed by atoms with Crippen molar-refractivity contribution in [1.29, 1.82) is 0 Å². The molecule has 0 aromatic carbocycles. The van der Waals surface area contributed by atoms with Crippen LogP contribution < -0.4 is 5.76 Å². The number of aromatic nitrogens is 2. The number of hydrogen-bond donors (Lipinski definition) is 0. The van der Waals surface area contributed by atoms with E-state index in [0.29, 0.717) is 12.4 Å². The molecule has 1 aromatic heterocycles. The van der Waals surface area contributed by atoms with Gasteiger partial charge in [0, 0.05) is 13.3 Å². The molecule has 60 valence electrons. The van der Waals surface area contributed by atoms with E-state index in [1.807, 2.05) is 0 Å². The lowest BCUT2D eigenvalue weighted by atomic mass is 10.5. The van der Waals surface area contributed by atoms with E-state index in [0.717, 1.165) is 11.0 Å². The van der Waals surface area contributed by atoms with Crippen molar-refractivity contribution < 1.29 is 9.21 Å². The van der Waals surface area contributed by atoms with Crippen molar-refractivity contribution in [2.24, 2.45) is 0 Å². The van der Waals surface area contributed by atoms with Crippen molar-refractivity contribution in [2.75, 3.05) is 0 Å². The Labute approximate surface area is 62.6 Å². The lowest BCUT2D eigenvalue weighted by Crippen LogP contribution is -2.15. The predicted octanol–water partition coefficient (Wildman–Crippen LogP) is -0.266. The van der Waals surface area contributed by atoms with Crippen LogP contribution in [0.25, 0.3) is 0 Å². The number of hydrogen-bond acceptors (Lipinski definition) is 4. The molecule has 0 aliphatic heterocycles. The fraction of sp³-hybridized carbons (Fsp3) is 0.500. The molecule has 5 heteroatoms. The van der Waals surface area contributed by atoms with Crippen molar-refractivity contribution in [3.63, 3.8) is 0 Å². The van der Waals surface area contributed by atoms with Crippen LogP contribution in [0.4, 0.5) is 0 Å². The Morgan fingerprint density at radius 3 is 2.91 bits per heavy atom. The number of nitrogens with zero attached hydrogens (tertiary/aromatic N) is 2. The third-order valence-electron chi connectivity index (χ3n) is 1.17. The molecule has 1 aromatic rings. The highest BCUT2D eigenvalue weighted by Crippen LogP contribution is 1.86. The Morgan fingerprint density at radius 2 is 2.45 bits per heavy atom. The van der Waals surface area contributed by atoms with Gasteiger partial charge in [0.25, 0.3) is 0 Å². The van der Waals surface area contributed by atoms with E-state index in [2.05, 4.69) is 9.52 Å². The standard InChI is InChI=1S/C6H8N2O3/c1-5-7-8(3-2-4-9)6(10)11-5/h4H,2-3H2,1H3. The molecule has 0 bridgehead atoms. The molecular formula is C6H8N2O3. The first kappa shape index (κ1) is 7.71. The Bertz CT molecular complexity index is 299. The second-order valence-corrected chi connectivity index (χ2v) is 2.07. The molecule has 0 fully saturated rings. The SMILES string of the molecule is Cc1nn(CCC=O)c(=O)o1. The van der Waals surface area contributed by atoms with Gasteiger partial charge in [-0.05, 0) is 0 Å². The van der Waals surface area contributed by atoms with Crippen LogP contribution in [-0.2, 0) is 11.3 Å². The second-order valence-electron chi connectivity index (χ2n) is 2.07. The molecule has 11 heavy (non-hydrogen) atoms. The Hall–Kier alpha value is -1.39. The first-order valence-electron chi connectivity index (χ1n) is 3.22. The highest BCUT2D eigenvalue weighted by molar-refractivity contribution is 5.48. The number of rotatable bonds is 3. The van der Waals surface area contributed by atoms with E-state index in [9.17, 15) is 9.59 Å². The molecule has 1 rings (SSSR count). The lowest BCUT2D eigenvalue weighted by molar-refractivity contribution is -0.108. The summed E-state index contributed by atoms with van der Waals surface area (Å²) >= 11 is 0. The third kappa shape index (κ3) is 1.76. The normalized spacial score (nSPS) is 9.91. The second kappa shape index (κ2) is 3.14. The van der Waals surface area contributed by atoms with Gasteiger partial charge in [0.1, 0.15) is 6.29 Å². The van der Waals surface area contributed by atoms with Crippen LogP contribution in [0.2, 0.25) is 0 Å². The molecule has 0 spiro atoms. The zero-order valence-corrected chi connectivity index (χ0v) is 6.11. The van der Waals surface area contributed by atoms with Crippen LogP contribution >= 0.6 is 0 Å². The fourth-order valence-corrected chi connectivity index (χ4v) is 0.727. The van der Waals surface area contributed by atoms with Gasteiger partial charge in [-0.25, -0.2) is 4.79 Å². The van der Waals surface area contributed by atoms with E-state index in [4.69, 9.17) is 0 Å². The minimum Gasteiger partial charge on any atom is -0.393 e. The number of aldehydes is 1. The van der Waals surface area contributed by atoms with Gasteiger partial charge in [0.15, 0.2) is 0 Å². The molecule has 0 amide bonds. The molecular weight excluding hydrogens is 148 g/mol. The highest BCUT2D eigenvalue weighted by atomic mass is 16.4. The quantitative estimate of drug-likeness (QED) is 0.565. The highest BCUT2D eigenvalue weighted by Gasteiger charge is 2.01. The van der Waals surface area contributed by atoms with E-state index in [1.165, 1.54) is 0 Å². The van der Waals surface area contributed by atoms with Gasteiger partial charge < -0.3 is 9.21 Å². The molecule has 0 aliphatic rings. The molecule has 0 aliphatic carbocycles. The Kier molecular flexibility index (Phi) is 2.20. The summed E-state index contributed by atoms with van der Waals surface area (Å²) in [5, 5.41) is 3.73. The summed E-state index contributed by atoms with van der Waals surface area (Å²) in [7, 11) is 0. The maximum absolute atomic E-state index is 10.8. The van der Waals surface area contributed by atoms with Gasteiger partial charge in [-0.15, -0.1) is 5.10 Å². The lowest BCUT2D eigenvalue weighted by Gasteiger charge is -1.88. The van der Waals surface area contributed by atoms with Gasteiger partial charge >= 0.3 is 5.76 Å². The zero-order chi connectivity index (χ0) is 8.27. The number of aryl methyl sites for hydroxylation is 2. The smallest absolute Gasteiger partial charge is 0.393 e. The van der Waals surface area contributed by atoms with Crippen molar-refractivity contribution in [2.45, 2.75) is 19.9 Å². The van der Waals surface area contributed by atoms with Gasteiger partial charge in [-0.2, -0.15) is 4.68 Å². The van der Waals surface area contributed by atoms with Crippen molar-refractivity contribution in [3.05, 3.63) is 16.4 Å². The topological polar surface area (TPSA) is 65.1 Å². The molecule has 0 saturated carbocycles. The summed E-state index contributed by atoms with van der Waals surface area (Å²) in [6.45, 7) is 1.87. The van der Waals surface area contributed by atoms with Gasteiger partial charge in [-0.1, -0.05) is 0 Å². The van der Waals surface area contributed by atoms with E-state index >= 15 is 0 Å². The van der Waals surface area contributed by atoms with Crippen molar-refractivity contribution in [1.82, 2.24) is 9.78 Å². The van der Waals surface area contributed by atoms with Crippen LogP contribution in [-0.4, -0.2) is 16.1 Å². The molecule has 1 heterocycles. The molecule has 0 radical (unpaired) electrons. The monoisotopic (exact) mass is 156 g/mol. The van der Waals surface area contributed by atoms with Gasteiger partial charge in [0.05, 0.1) is 6.54 Å². The largest absolute Gasteiger partial charge is 0.437 e. The first-order chi connectivity index (χ1) is 5.24. The van der Waals surface area contributed by atoms with E-state index in [1.54, 1.807) is 6.92 Å². The molecule has 0 saturated heterocycles. The van der Waals surface area contributed by atoms with Crippen LogP contribution in [0.15, 0.2) is 9.21 Å². The first-order valence-corrected chi connectivity index (χ1v) is 3.22. The zero-order valence-electron chi connectivity index (χ0n) is 6.11. The molecule has 0 unspecified atom stereocenters. The summed E-state index contributed by atoms with van der Waals surface area (Å²) in [4.78, 5) is 20.7. The summed E-state index contributed by atoms with van der Waals surface area (Å²) in [5.41, 5.74) is 0. The van der Waals surface area contributed by atoms with Crippen molar-refractivity contribution in [3.8, 4) is 0 Å². The molecule has 0 atom stereocenters. The van der Waals surface area contributed by atoms with E-state index < -0.39 is 5.76 Å². The minimum atomic E-state index is -0.510. The number of carbonyl (C=O) groups is 1. The van der Waals surface area contributed by atoms with Crippen LogP contribution in [0, 0.1) is 6.92 Å². The number of carbonyl (C=O) groups excluding carboxylic acids is 1. The fourth-order valence-electron chi connectivity index (χ4n) is 0.727. The summed E-state index contributed by atoms with van der Waals surface area (Å²) < 4.78 is 5.72. The van der Waals surface area contributed by atoms with E-state index in [-0.39, 0.29) is 6.42 Å². The maximum atomic E-state index is 10.8.